The first-order valence-corrected chi connectivity index (χ1v) is 7.89. The molecule has 1 aliphatic rings. The Morgan fingerprint density at radius 1 is 1.26 bits per heavy atom. The van der Waals surface area contributed by atoms with Crippen LogP contribution in [0.3, 0.4) is 0 Å². The third-order valence-electron chi connectivity index (χ3n) is 4.04. The van der Waals surface area contributed by atoms with Gasteiger partial charge in [-0.1, -0.05) is 31.6 Å². The summed E-state index contributed by atoms with van der Waals surface area (Å²) in [6, 6.07) is 7.15. The fraction of sp³-hybridized carbons (Fsp3) is 0.444. The summed E-state index contributed by atoms with van der Waals surface area (Å²) in [5.41, 5.74) is 1.44. The van der Waals surface area contributed by atoms with Crippen molar-refractivity contribution in [2.24, 2.45) is 11.8 Å². The van der Waals surface area contributed by atoms with Gasteiger partial charge in [0.05, 0.1) is 17.5 Å². The molecule has 0 radical (unpaired) electrons. The van der Waals surface area contributed by atoms with Crippen molar-refractivity contribution in [2.45, 2.75) is 32.6 Å². The summed E-state index contributed by atoms with van der Waals surface area (Å²) in [6.45, 7) is 6.02. The van der Waals surface area contributed by atoms with Gasteiger partial charge in [-0.15, -0.1) is 0 Å². The molecule has 0 aromatic heterocycles. The first kappa shape index (κ1) is 17.1. The zero-order chi connectivity index (χ0) is 16.8. The highest BCUT2D eigenvalue weighted by Crippen LogP contribution is 2.32. The lowest BCUT2D eigenvalue weighted by molar-refractivity contribution is -0.147. The fourth-order valence-corrected chi connectivity index (χ4v) is 2.86. The predicted octanol–water partition coefficient (Wildman–Crippen LogP) is 3.47. The molecule has 2 rings (SSSR count). The van der Waals surface area contributed by atoms with Crippen molar-refractivity contribution in [3.05, 3.63) is 36.4 Å². The zero-order valence-corrected chi connectivity index (χ0v) is 13.4. The van der Waals surface area contributed by atoms with Gasteiger partial charge in [-0.3, -0.25) is 9.59 Å². The number of benzene rings is 1. The largest absolute Gasteiger partial charge is 0.487 e. The van der Waals surface area contributed by atoms with Crippen LogP contribution in [-0.4, -0.2) is 23.6 Å². The van der Waals surface area contributed by atoms with Gasteiger partial charge in [-0.2, -0.15) is 0 Å². The Hall–Kier alpha value is -2.30. The second-order valence-corrected chi connectivity index (χ2v) is 6.07. The highest BCUT2D eigenvalue weighted by Gasteiger charge is 2.35. The van der Waals surface area contributed by atoms with Crippen molar-refractivity contribution in [1.82, 2.24) is 0 Å². The normalized spacial score (nSPS) is 20.6. The molecule has 1 fully saturated rings. The van der Waals surface area contributed by atoms with Gasteiger partial charge in [0.2, 0.25) is 5.91 Å². The van der Waals surface area contributed by atoms with Gasteiger partial charge < -0.3 is 15.2 Å². The van der Waals surface area contributed by atoms with E-state index < -0.39 is 17.8 Å². The Morgan fingerprint density at radius 2 is 1.91 bits per heavy atom. The van der Waals surface area contributed by atoms with Crippen LogP contribution in [0.5, 0.6) is 5.75 Å². The SMILES string of the molecule is C=C(C)COc1ccccc1NC(=O)[C@H]1CCCC[C@H]1C(=O)O. The van der Waals surface area contributed by atoms with E-state index in [1.54, 1.807) is 18.2 Å². The lowest BCUT2D eigenvalue weighted by Gasteiger charge is -2.27. The van der Waals surface area contributed by atoms with Crippen LogP contribution in [0.1, 0.15) is 32.6 Å². The minimum atomic E-state index is -0.892. The van der Waals surface area contributed by atoms with E-state index in [9.17, 15) is 14.7 Å². The molecule has 1 aromatic rings. The van der Waals surface area contributed by atoms with Gasteiger partial charge in [0.1, 0.15) is 12.4 Å². The van der Waals surface area contributed by atoms with E-state index in [2.05, 4.69) is 11.9 Å². The van der Waals surface area contributed by atoms with Crippen LogP contribution in [0.4, 0.5) is 5.69 Å². The predicted molar refractivity (Wildman–Crippen MR) is 88.5 cm³/mol. The van der Waals surface area contributed by atoms with E-state index >= 15 is 0 Å². The Balaban J connectivity index is 2.10. The Bertz CT molecular complexity index is 596. The molecule has 2 N–H and O–H groups in total. The van der Waals surface area contributed by atoms with Crippen molar-refractivity contribution < 1.29 is 19.4 Å². The number of ether oxygens (including phenoxy) is 1. The van der Waals surface area contributed by atoms with Gasteiger partial charge >= 0.3 is 5.97 Å². The molecule has 23 heavy (non-hydrogen) atoms. The monoisotopic (exact) mass is 317 g/mol. The summed E-state index contributed by atoms with van der Waals surface area (Å²) in [7, 11) is 0. The maximum Gasteiger partial charge on any atom is 0.307 e. The van der Waals surface area contributed by atoms with E-state index in [0.717, 1.165) is 18.4 Å². The number of aliphatic carboxylic acids is 1. The number of hydrogen-bond acceptors (Lipinski definition) is 3. The molecular formula is C18H23NO4. The number of nitrogens with one attached hydrogen (secondary N) is 1. The molecule has 0 bridgehead atoms. The lowest BCUT2D eigenvalue weighted by Crippen LogP contribution is -2.36. The molecule has 1 aromatic carbocycles. The van der Waals surface area contributed by atoms with Gasteiger partial charge in [0.25, 0.3) is 0 Å². The topological polar surface area (TPSA) is 75.6 Å². The first-order valence-electron chi connectivity index (χ1n) is 7.89. The van der Waals surface area contributed by atoms with Crippen LogP contribution in [-0.2, 0) is 9.59 Å². The average Bonchev–Trinajstić information content (AvgIpc) is 2.53. The molecular weight excluding hydrogens is 294 g/mol. The summed E-state index contributed by atoms with van der Waals surface area (Å²) < 4.78 is 5.63. The van der Waals surface area contributed by atoms with Crippen LogP contribution in [0, 0.1) is 11.8 Å². The standard InChI is InChI=1S/C18H23NO4/c1-12(2)11-23-16-10-6-5-9-15(16)19-17(20)13-7-3-4-8-14(13)18(21)22/h5-6,9-10,13-14H,1,3-4,7-8,11H2,2H3,(H,19,20)(H,21,22)/t13-,14+/m0/s1. The highest BCUT2D eigenvalue weighted by atomic mass is 16.5. The smallest absolute Gasteiger partial charge is 0.307 e. The minimum absolute atomic E-state index is 0.247. The second kappa shape index (κ2) is 7.81. The fourth-order valence-electron chi connectivity index (χ4n) is 2.86. The third-order valence-corrected chi connectivity index (χ3v) is 4.04. The molecule has 0 aliphatic heterocycles. The quantitative estimate of drug-likeness (QED) is 0.788. The van der Waals surface area contributed by atoms with Crippen molar-refractivity contribution in [1.29, 1.82) is 0 Å². The summed E-state index contributed by atoms with van der Waals surface area (Å²) in [5, 5.41) is 12.1. The molecule has 1 saturated carbocycles. The van der Waals surface area contributed by atoms with Gasteiger partial charge in [0, 0.05) is 0 Å². The van der Waals surface area contributed by atoms with E-state index in [4.69, 9.17) is 4.74 Å². The molecule has 0 heterocycles. The highest BCUT2D eigenvalue weighted by molar-refractivity contribution is 5.96. The summed E-state index contributed by atoms with van der Waals surface area (Å²) in [5.74, 6) is -1.67. The second-order valence-electron chi connectivity index (χ2n) is 6.07. The number of rotatable bonds is 6. The molecule has 1 amide bonds. The first-order chi connectivity index (χ1) is 11.0. The van der Waals surface area contributed by atoms with Crippen LogP contribution in [0.2, 0.25) is 0 Å². The Kier molecular flexibility index (Phi) is 5.79. The van der Waals surface area contributed by atoms with Gasteiger partial charge in [-0.25, -0.2) is 0 Å². The molecule has 2 atom stereocenters. The van der Waals surface area contributed by atoms with E-state index in [1.165, 1.54) is 0 Å². The zero-order valence-electron chi connectivity index (χ0n) is 13.4. The number of hydrogen-bond donors (Lipinski definition) is 2. The Labute approximate surface area is 136 Å². The van der Waals surface area contributed by atoms with Crippen molar-refractivity contribution in [3.63, 3.8) is 0 Å². The van der Waals surface area contributed by atoms with E-state index in [1.807, 2.05) is 13.0 Å². The van der Waals surface area contributed by atoms with Crippen LogP contribution in [0.15, 0.2) is 36.4 Å². The molecule has 0 saturated heterocycles. The van der Waals surface area contributed by atoms with Crippen molar-refractivity contribution in [2.75, 3.05) is 11.9 Å². The number of amides is 1. The molecule has 124 valence electrons. The average molecular weight is 317 g/mol. The maximum absolute atomic E-state index is 12.5. The molecule has 1 aliphatic carbocycles. The molecule has 0 unspecified atom stereocenters. The van der Waals surface area contributed by atoms with Crippen molar-refractivity contribution in [3.8, 4) is 5.75 Å². The van der Waals surface area contributed by atoms with Gasteiger partial charge in [-0.05, 0) is 37.5 Å². The van der Waals surface area contributed by atoms with Crippen molar-refractivity contribution >= 4 is 17.6 Å². The molecule has 0 spiro atoms. The minimum Gasteiger partial charge on any atom is -0.487 e. The maximum atomic E-state index is 12.5. The number of para-hydroxylation sites is 2. The van der Waals surface area contributed by atoms with E-state index in [-0.39, 0.29) is 5.91 Å². The molecule has 5 heteroatoms. The van der Waals surface area contributed by atoms with Gasteiger partial charge in [0.15, 0.2) is 0 Å². The van der Waals surface area contributed by atoms with Crippen LogP contribution < -0.4 is 10.1 Å². The number of anilines is 1. The van der Waals surface area contributed by atoms with Crippen LogP contribution >= 0.6 is 0 Å². The van der Waals surface area contributed by atoms with Crippen LogP contribution in [0.25, 0.3) is 0 Å². The Morgan fingerprint density at radius 3 is 2.57 bits per heavy atom. The summed E-state index contributed by atoms with van der Waals surface area (Å²) in [4.78, 5) is 23.9. The lowest BCUT2D eigenvalue weighted by atomic mass is 9.78. The summed E-state index contributed by atoms with van der Waals surface area (Å²) >= 11 is 0. The molecule has 5 nitrogen and oxygen atoms in total. The number of carbonyl (C=O) groups excluding carboxylic acids is 1. The number of carboxylic acid groups (broad SMARTS) is 1. The number of carboxylic acids is 1. The third kappa shape index (κ3) is 4.58. The summed E-state index contributed by atoms with van der Waals surface area (Å²) in [6.07, 6.45) is 2.91. The van der Waals surface area contributed by atoms with E-state index in [0.29, 0.717) is 30.9 Å². The number of carbonyl (C=O) groups is 2.